The van der Waals surface area contributed by atoms with Gasteiger partial charge >= 0.3 is 0 Å². The van der Waals surface area contributed by atoms with Gasteiger partial charge in [0, 0.05) is 5.69 Å². The van der Waals surface area contributed by atoms with E-state index in [0.717, 1.165) is 32.5 Å². The molecular formula is C15H14N2O2S. The molecule has 0 bridgehead atoms. The lowest BCUT2D eigenvalue weighted by Gasteiger charge is -2.03. The molecule has 0 spiro atoms. The van der Waals surface area contributed by atoms with Crippen molar-refractivity contribution in [2.75, 3.05) is 19.5 Å². The quantitative estimate of drug-likeness (QED) is 0.785. The summed E-state index contributed by atoms with van der Waals surface area (Å²) in [7, 11) is 3.30. The number of ether oxygens (including phenoxy) is 2. The number of aromatic nitrogens is 1. The predicted molar refractivity (Wildman–Crippen MR) is 82.4 cm³/mol. The Kier molecular flexibility index (Phi) is 3.43. The van der Waals surface area contributed by atoms with Gasteiger partial charge in [0.15, 0.2) is 5.13 Å². The summed E-state index contributed by atoms with van der Waals surface area (Å²) in [5.41, 5.74) is 1.82. The summed E-state index contributed by atoms with van der Waals surface area (Å²) in [6, 6.07) is 13.7. The van der Waals surface area contributed by atoms with E-state index in [1.54, 1.807) is 25.6 Å². The van der Waals surface area contributed by atoms with E-state index in [2.05, 4.69) is 10.3 Å². The van der Waals surface area contributed by atoms with Crippen LogP contribution in [0.4, 0.5) is 10.8 Å². The van der Waals surface area contributed by atoms with Crippen LogP contribution in [0, 0.1) is 0 Å². The standard InChI is InChI=1S/C15H14N2O2S/c1-18-11-8-9-12(19-2)14-13(11)17-15(20-14)16-10-6-4-3-5-7-10/h3-9H,1-2H3,(H,16,17). The molecule has 3 aromatic rings. The van der Waals surface area contributed by atoms with Gasteiger partial charge in [-0.3, -0.25) is 0 Å². The first-order valence-corrected chi connectivity index (χ1v) is 6.97. The minimum Gasteiger partial charge on any atom is -0.495 e. The minimum atomic E-state index is 0.748. The van der Waals surface area contributed by atoms with Crippen molar-refractivity contribution in [3.8, 4) is 11.5 Å². The fourth-order valence-electron chi connectivity index (χ4n) is 1.98. The van der Waals surface area contributed by atoms with E-state index < -0.39 is 0 Å². The van der Waals surface area contributed by atoms with Crippen LogP contribution in [0.15, 0.2) is 42.5 Å². The molecule has 5 heteroatoms. The van der Waals surface area contributed by atoms with Gasteiger partial charge in [0.25, 0.3) is 0 Å². The van der Waals surface area contributed by atoms with Gasteiger partial charge in [-0.1, -0.05) is 29.5 Å². The van der Waals surface area contributed by atoms with Crippen molar-refractivity contribution in [1.82, 2.24) is 4.98 Å². The highest BCUT2D eigenvalue weighted by atomic mass is 32.1. The zero-order valence-electron chi connectivity index (χ0n) is 11.2. The van der Waals surface area contributed by atoms with Crippen LogP contribution in [-0.2, 0) is 0 Å². The van der Waals surface area contributed by atoms with Gasteiger partial charge in [-0.2, -0.15) is 0 Å². The summed E-state index contributed by atoms with van der Waals surface area (Å²) in [5.74, 6) is 1.55. The van der Waals surface area contributed by atoms with Crippen molar-refractivity contribution < 1.29 is 9.47 Å². The fourth-order valence-corrected chi connectivity index (χ4v) is 2.98. The van der Waals surface area contributed by atoms with Crippen LogP contribution < -0.4 is 14.8 Å². The monoisotopic (exact) mass is 286 g/mol. The molecule has 0 unspecified atom stereocenters. The van der Waals surface area contributed by atoms with E-state index >= 15 is 0 Å². The van der Waals surface area contributed by atoms with E-state index in [4.69, 9.17) is 9.47 Å². The largest absolute Gasteiger partial charge is 0.495 e. The van der Waals surface area contributed by atoms with Crippen LogP contribution in [0.2, 0.25) is 0 Å². The molecule has 3 rings (SSSR count). The minimum absolute atomic E-state index is 0.748. The first-order chi connectivity index (χ1) is 9.81. The Morgan fingerprint density at radius 2 is 1.65 bits per heavy atom. The van der Waals surface area contributed by atoms with Crippen molar-refractivity contribution >= 4 is 32.4 Å². The second-order valence-electron chi connectivity index (χ2n) is 4.16. The molecule has 102 valence electrons. The lowest BCUT2D eigenvalue weighted by molar-refractivity contribution is 0.410. The number of nitrogens with one attached hydrogen (secondary N) is 1. The van der Waals surface area contributed by atoms with E-state index in [-0.39, 0.29) is 0 Å². The molecule has 0 aliphatic rings. The van der Waals surface area contributed by atoms with Gasteiger partial charge in [0.2, 0.25) is 0 Å². The molecule has 0 fully saturated rings. The van der Waals surface area contributed by atoms with Crippen molar-refractivity contribution in [3.05, 3.63) is 42.5 Å². The Balaban J connectivity index is 2.05. The molecule has 1 heterocycles. The van der Waals surface area contributed by atoms with Crippen molar-refractivity contribution in [2.24, 2.45) is 0 Å². The topological polar surface area (TPSA) is 43.4 Å². The van der Waals surface area contributed by atoms with Crippen LogP contribution in [0.3, 0.4) is 0 Å². The molecule has 0 saturated heterocycles. The van der Waals surface area contributed by atoms with Gasteiger partial charge in [-0.05, 0) is 24.3 Å². The van der Waals surface area contributed by atoms with Crippen LogP contribution >= 0.6 is 11.3 Å². The Bertz CT molecular complexity index is 684. The summed E-state index contributed by atoms with van der Waals surface area (Å²) in [5, 5.41) is 4.11. The lowest BCUT2D eigenvalue weighted by atomic mass is 10.3. The molecule has 1 N–H and O–H groups in total. The summed E-state index contributed by atoms with van der Waals surface area (Å²) >= 11 is 1.55. The molecule has 20 heavy (non-hydrogen) atoms. The smallest absolute Gasteiger partial charge is 0.188 e. The van der Waals surface area contributed by atoms with E-state index in [0.29, 0.717) is 0 Å². The Hall–Kier alpha value is -2.27. The first-order valence-electron chi connectivity index (χ1n) is 6.15. The Labute approximate surface area is 121 Å². The van der Waals surface area contributed by atoms with E-state index in [1.165, 1.54) is 0 Å². The number of thiazole rings is 1. The Morgan fingerprint density at radius 1 is 0.950 bits per heavy atom. The zero-order chi connectivity index (χ0) is 13.9. The summed E-state index contributed by atoms with van der Waals surface area (Å²) in [4.78, 5) is 4.59. The maximum atomic E-state index is 5.38. The molecule has 1 aromatic heterocycles. The molecule has 0 radical (unpaired) electrons. The normalized spacial score (nSPS) is 10.5. The van der Waals surface area contributed by atoms with Crippen molar-refractivity contribution in [3.63, 3.8) is 0 Å². The Morgan fingerprint density at radius 3 is 2.35 bits per heavy atom. The first kappa shape index (κ1) is 12.7. The molecule has 2 aromatic carbocycles. The highest BCUT2D eigenvalue weighted by molar-refractivity contribution is 7.22. The molecular weight excluding hydrogens is 272 g/mol. The number of hydrogen-bond acceptors (Lipinski definition) is 5. The van der Waals surface area contributed by atoms with E-state index in [1.807, 2.05) is 42.5 Å². The van der Waals surface area contributed by atoms with Gasteiger partial charge in [0.1, 0.15) is 21.7 Å². The van der Waals surface area contributed by atoms with Crippen molar-refractivity contribution in [2.45, 2.75) is 0 Å². The molecule has 0 atom stereocenters. The van der Waals surface area contributed by atoms with E-state index in [9.17, 15) is 0 Å². The number of fused-ring (bicyclic) bond motifs is 1. The van der Waals surface area contributed by atoms with Gasteiger partial charge < -0.3 is 14.8 Å². The second-order valence-corrected chi connectivity index (χ2v) is 5.16. The molecule has 4 nitrogen and oxygen atoms in total. The van der Waals surface area contributed by atoms with Gasteiger partial charge in [-0.25, -0.2) is 4.98 Å². The third-order valence-electron chi connectivity index (χ3n) is 2.94. The lowest BCUT2D eigenvalue weighted by Crippen LogP contribution is -1.89. The summed E-state index contributed by atoms with van der Waals surface area (Å²) in [6.45, 7) is 0. The van der Waals surface area contributed by atoms with Gasteiger partial charge in [0.05, 0.1) is 14.2 Å². The number of hydrogen-bond donors (Lipinski definition) is 1. The highest BCUT2D eigenvalue weighted by Gasteiger charge is 2.13. The number of rotatable bonds is 4. The zero-order valence-corrected chi connectivity index (χ0v) is 12.0. The third kappa shape index (κ3) is 2.28. The van der Waals surface area contributed by atoms with Crippen LogP contribution in [0.25, 0.3) is 10.2 Å². The second kappa shape index (κ2) is 5.38. The maximum absolute atomic E-state index is 5.38. The molecule has 0 aliphatic heterocycles. The van der Waals surface area contributed by atoms with Crippen LogP contribution in [0.1, 0.15) is 0 Å². The highest BCUT2D eigenvalue weighted by Crippen LogP contribution is 2.39. The van der Waals surface area contributed by atoms with Crippen LogP contribution in [0.5, 0.6) is 11.5 Å². The average molecular weight is 286 g/mol. The van der Waals surface area contributed by atoms with Gasteiger partial charge in [-0.15, -0.1) is 0 Å². The SMILES string of the molecule is COc1ccc(OC)c2sc(Nc3ccccc3)nc12. The van der Waals surface area contributed by atoms with Crippen molar-refractivity contribution in [1.29, 1.82) is 0 Å². The number of methoxy groups -OCH3 is 2. The number of benzene rings is 2. The van der Waals surface area contributed by atoms with Crippen LogP contribution in [-0.4, -0.2) is 19.2 Å². The maximum Gasteiger partial charge on any atom is 0.188 e. The molecule has 0 saturated carbocycles. The number of para-hydroxylation sites is 1. The predicted octanol–water partition coefficient (Wildman–Crippen LogP) is 4.06. The fraction of sp³-hybridized carbons (Fsp3) is 0.133. The average Bonchev–Trinajstić information content (AvgIpc) is 2.90. The molecule has 0 aliphatic carbocycles. The number of anilines is 2. The summed E-state index contributed by atoms with van der Waals surface area (Å²) in [6.07, 6.45) is 0. The number of nitrogens with zero attached hydrogens (tertiary/aromatic N) is 1. The summed E-state index contributed by atoms with van der Waals surface area (Å²) < 4.78 is 11.7. The third-order valence-corrected chi connectivity index (χ3v) is 3.92. The molecule has 0 amide bonds.